The largest absolute Gasteiger partial charge is 0.449 e. The zero-order chi connectivity index (χ0) is 40.4. The highest BCUT2D eigenvalue weighted by Crippen LogP contribution is 2.45. The number of aromatic nitrogens is 2. The third-order valence-electron chi connectivity index (χ3n) is 10.3. The number of imidazole rings is 1. The lowest BCUT2D eigenvalue weighted by molar-refractivity contribution is -0.137. The van der Waals surface area contributed by atoms with Gasteiger partial charge < -0.3 is 19.4 Å². The average molecular weight is 786 g/mol. The van der Waals surface area contributed by atoms with Crippen molar-refractivity contribution in [2.24, 2.45) is 0 Å². The fraction of sp³-hybridized carbons (Fsp3) is 0.109. The molecule has 7 aromatic rings. The molecule has 1 amide bonds. The third kappa shape index (κ3) is 6.76. The molecule has 0 aliphatic heterocycles. The second kappa shape index (κ2) is 15.8. The first kappa shape index (κ1) is 37.8. The van der Waals surface area contributed by atoms with Gasteiger partial charge in [0.1, 0.15) is 18.2 Å². The van der Waals surface area contributed by atoms with E-state index in [1.54, 1.807) is 12.5 Å². The van der Waals surface area contributed by atoms with Crippen LogP contribution in [0, 0.1) is 29.1 Å². The molecule has 1 atom stereocenters. The number of alkyl carbamates (subject to hydrolysis) is 1. The Labute approximate surface area is 329 Å². The summed E-state index contributed by atoms with van der Waals surface area (Å²) >= 11 is 0. The minimum absolute atomic E-state index is 0.151. The number of halogens is 5. The summed E-state index contributed by atoms with van der Waals surface area (Å²) in [5.74, 6) is -15.4. The maximum Gasteiger partial charge on any atom is 0.407 e. The molecule has 12 heteroatoms. The Kier molecular flexibility index (Phi) is 10.3. The second-order valence-corrected chi connectivity index (χ2v) is 13.6. The molecule has 290 valence electrons. The lowest BCUT2D eigenvalue weighted by Gasteiger charge is -2.37. The van der Waals surface area contributed by atoms with Gasteiger partial charge in [0.2, 0.25) is 34.8 Å². The molecule has 58 heavy (non-hydrogen) atoms. The van der Waals surface area contributed by atoms with Gasteiger partial charge in [0.05, 0.1) is 12.0 Å². The van der Waals surface area contributed by atoms with Crippen molar-refractivity contribution in [2.45, 2.75) is 23.9 Å². The van der Waals surface area contributed by atoms with Crippen LogP contribution >= 0.6 is 0 Å². The first-order chi connectivity index (χ1) is 28.2. The highest BCUT2D eigenvalue weighted by Gasteiger charge is 2.39. The van der Waals surface area contributed by atoms with Crippen LogP contribution in [0.1, 0.15) is 39.4 Å². The lowest BCUT2D eigenvalue weighted by Crippen LogP contribution is -2.45. The Morgan fingerprint density at radius 3 is 1.59 bits per heavy atom. The molecule has 8 rings (SSSR count). The summed E-state index contributed by atoms with van der Waals surface area (Å²) in [5.41, 5.74) is 5.55. The van der Waals surface area contributed by atoms with Crippen LogP contribution in [0.25, 0.3) is 11.1 Å². The van der Waals surface area contributed by atoms with Gasteiger partial charge in [-0.2, -0.15) is 8.78 Å². The quantitative estimate of drug-likeness (QED) is 0.0353. The van der Waals surface area contributed by atoms with Crippen LogP contribution < -0.4 is 10.1 Å². The van der Waals surface area contributed by atoms with Crippen molar-refractivity contribution in [1.29, 1.82) is 0 Å². The molecule has 0 saturated heterocycles. The molecule has 6 aromatic carbocycles. The summed E-state index contributed by atoms with van der Waals surface area (Å²) in [6, 6.07) is 42.3. The molecule has 1 aromatic heterocycles. The maximum atomic E-state index is 14.7. The molecule has 0 spiro atoms. The summed E-state index contributed by atoms with van der Waals surface area (Å²) < 4.78 is 84.0. The number of amides is 1. The molecule has 0 bridgehead atoms. The van der Waals surface area contributed by atoms with E-state index in [4.69, 9.17) is 9.47 Å². The maximum absolute atomic E-state index is 14.7. The van der Waals surface area contributed by atoms with Gasteiger partial charge in [-0.25, -0.2) is 27.7 Å². The van der Waals surface area contributed by atoms with E-state index in [0.717, 1.165) is 38.9 Å². The monoisotopic (exact) mass is 785 g/mol. The van der Waals surface area contributed by atoms with Gasteiger partial charge in [-0.3, -0.25) is 0 Å². The van der Waals surface area contributed by atoms with E-state index in [1.807, 2.05) is 144 Å². The van der Waals surface area contributed by atoms with Gasteiger partial charge in [-0.05, 0) is 38.9 Å². The van der Waals surface area contributed by atoms with Crippen LogP contribution in [0.2, 0.25) is 0 Å². The van der Waals surface area contributed by atoms with Crippen molar-refractivity contribution >= 4 is 12.1 Å². The first-order valence-electron chi connectivity index (χ1n) is 18.2. The van der Waals surface area contributed by atoms with Crippen molar-refractivity contribution in [3.8, 4) is 16.9 Å². The van der Waals surface area contributed by atoms with E-state index in [9.17, 15) is 31.5 Å². The first-order valence-corrected chi connectivity index (χ1v) is 18.2. The number of rotatable bonds is 11. The van der Waals surface area contributed by atoms with Crippen LogP contribution in [0.3, 0.4) is 0 Å². The van der Waals surface area contributed by atoms with E-state index < -0.39 is 64.9 Å². The molecule has 0 radical (unpaired) electrons. The van der Waals surface area contributed by atoms with Crippen LogP contribution in [0.4, 0.5) is 26.7 Å². The Balaban J connectivity index is 1.14. The number of hydrogen-bond donors (Lipinski definition) is 1. The molecule has 0 fully saturated rings. The molecule has 7 nitrogen and oxygen atoms in total. The zero-order valence-corrected chi connectivity index (χ0v) is 30.4. The van der Waals surface area contributed by atoms with Gasteiger partial charge in [-0.15, -0.1) is 0 Å². The van der Waals surface area contributed by atoms with E-state index in [2.05, 4.69) is 10.3 Å². The Bertz CT molecular complexity index is 2450. The Hall–Kier alpha value is -7.08. The molecule has 1 heterocycles. The molecular formula is C46H32F5N3O4. The predicted molar refractivity (Wildman–Crippen MR) is 204 cm³/mol. The fourth-order valence-electron chi connectivity index (χ4n) is 7.67. The summed E-state index contributed by atoms with van der Waals surface area (Å²) in [5, 5.41) is 2.39. The van der Waals surface area contributed by atoms with Gasteiger partial charge in [0.15, 0.2) is 0 Å². The minimum atomic E-state index is -2.42. The minimum Gasteiger partial charge on any atom is -0.449 e. The van der Waals surface area contributed by atoms with Crippen molar-refractivity contribution < 1.29 is 41.0 Å². The molecular weight excluding hydrogens is 754 g/mol. The van der Waals surface area contributed by atoms with E-state index in [0.29, 0.717) is 0 Å². The zero-order valence-electron chi connectivity index (χ0n) is 30.4. The van der Waals surface area contributed by atoms with Crippen molar-refractivity contribution in [1.82, 2.24) is 14.9 Å². The fourth-order valence-corrected chi connectivity index (χ4v) is 7.67. The number of ether oxygens (including phenoxy) is 2. The SMILES string of the molecule is O=C(NC(Cc1cn(C(c2ccccc2)(c2ccccc2)c2ccccc2)cn1)C(=O)Oc1c(F)c(F)c(F)c(F)c1F)OCC1c2ccccc2-c2ccccc21. The third-order valence-corrected chi connectivity index (χ3v) is 10.3. The number of esters is 1. The molecule has 0 saturated carbocycles. The summed E-state index contributed by atoms with van der Waals surface area (Å²) in [7, 11) is 0. The number of carbonyl (C=O) groups excluding carboxylic acids is 2. The smallest absolute Gasteiger partial charge is 0.407 e. The number of nitrogens with zero attached hydrogens (tertiary/aromatic N) is 2. The molecule has 1 aliphatic carbocycles. The van der Waals surface area contributed by atoms with Crippen LogP contribution in [0.5, 0.6) is 5.75 Å². The lowest BCUT2D eigenvalue weighted by atomic mass is 9.77. The normalized spacial score (nSPS) is 12.7. The number of fused-ring (bicyclic) bond motifs is 3. The van der Waals surface area contributed by atoms with Gasteiger partial charge in [0, 0.05) is 18.5 Å². The predicted octanol–water partition coefficient (Wildman–Crippen LogP) is 9.47. The number of benzene rings is 6. The second-order valence-electron chi connectivity index (χ2n) is 13.6. The summed E-state index contributed by atoms with van der Waals surface area (Å²) in [4.78, 5) is 31.8. The summed E-state index contributed by atoms with van der Waals surface area (Å²) in [6.07, 6.45) is 1.64. The van der Waals surface area contributed by atoms with Gasteiger partial charge in [0.25, 0.3) is 0 Å². The Morgan fingerprint density at radius 1 is 0.638 bits per heavy atom. The van der Waals surface area contributed by atoms with Gasteiger partial charge in [-0.1, -0.05) is 140 Å². The standard InChI is InChI=1S/C46H32F5N3O4/c47-38-39(48)41(50)43(42(51)40(38)49)58-44(55)37(53-45(56)57-26-36-34-22-12-10-20-32(34)33-21-11-13-23-35(33)36)24-31-25-54(27-52-31)46(28-14-4-1-5-15-28,29-16-6-2-7-17-29)30-18-8-3-9-19-30/h1-23,25,27,36-37H,24,26H2,(H,53,56). The topological polar surface area (TPSA) is 82.5 Å². The number of nitrogens with one attached hydrogen (secondary N) is 1. The van der Waals surface area contributed by atoms with E-state index in [-0.39, 0.29) is 18.2 Å². The van der Waals surface area contributed by atoms with Crippen molar-refractivity contribution in [3.63, 3.8) is 0 Å². The molecule has 1 aliphatic rings. The number of hydrogen-bond acceptors (Lipinski definition) is 5. The van der Waals surface area contributed by atoms with E-state index >= 15 is 0 Å². The summed E-state index contributed by atoms with van der Waals surface area (Å²) in [6.45, 7) is -0.151. The van der Waals surface area contributed by atoms with Crippen LogP contribution in [0.15, 0.2) is 152 Å². The Morgan fingerprint density at radius 2 is 1.09 bits per heavy atom. The molecule has 1 unspecified atom stereocenters. The van der Waals surface area contributed by atoms with Crippen molar-refractivity contribution in [3.05, 3.63) is 215 Å². The van der Waals surface area contributed by atoms with E-state index in [1.165, 1.54) is 0 Å². The average Bonchev–Trinajstić information content (AvgIpc) is 3.86. The highest BCUT2D eigenvalue weighted by atomic mass is 19.2. The molecule has 1 N–H and O–H groups in total. The van der Waals surface area contributed by atoms with Crippen molar-refractivity contribution in [2.75, 3.05) is 6.61 Å². The van der Waals surface area contributed by atoms with Gasteiger partial charge >= 0.3 is 12.1 Å². The van der Waals surface area contributed by atoms with Crippen LogP contribution in [-0.2, 0) is 21.5 Å². The number of carbonyl (C=O) groups is 2. The highest BCUT2D eigenvalue weighted by molar-refractivity contribution is 5.84. The van der Waals surface area contributed by atoms with Crippen LogP contribution in [-0.4, -0.2) is 34.3 Å².